The fraction of sp³-hybridized carbons (Fsp3) is 0.879. The minimum Gasteiger partial charge on any atom is -0.394 e. The Morgan fingerprint density at radius 2 is 0.899 bits per heavy atom. The van der Waals surface area contributed by atoms with Crippen molar-refractivity contribution in [1.29, 1.82) is 0 Å². The van der Waals surface area contributed by atoms with Crippen molar-refractivity contribution in [2.45, 2.75) is 313 Å². The first-order valence-electron chi connectivity index (χ1n) is 28.9. The highest BCUT2D eigenvalue weighted by Crippen LogP contribution is 2.23. The number of rotatable bonds is 49. The van der Waals surface area contributed by atoms with Gasteiger partial charge in [-0.2, -0.15) is 0 Å². The third kappa shape index (κ3) is 36.0. The van der Waals surface area contributed by atoms with E-state index in [4.69, 9.17) is 9.47 Å². The molecule has 0 aliphatic carbocycles. The van der Waals surface area contributed by atoms with Crippen molar-refractivity contribution >= 4 is 5.91 Å². The monoisotopic (exact) mass is 980 g/mol. The van der Waals surface area contributed by atoms with Crippen LogP contribution in [0.3, 0.4) is 0 Å². The van der Waals surface area contributed by atoms with E-state index in [1.54, 1.807) is 0 Å². The Bertz CT molecular complexity index is 1210. The number of aliphatic hydroxyl groups is 7. The molecular weight excluding hydrogens is 871 g/mol. The van der Waals surface area contributed by atoms with Crippen LogP contribution in [-0.2, 0) is 14.3 Å². The van der Waals surface area contributed by atoms with Crippen LogP contribution in [0.4, 0.5) is 0 Å². The molecule has 1 heterocycles. The number of hydrogen-bond donors (Lipinski definition) is 8. The van der Waals surface area contributed by atoms with Gasteiger partial charge < -0.3 is 50.5 Å². The molecule has 0 aromatic carbocycles. The van der Waals surface area contributed by atoms with E-state index < -0.39 is 74.2 Å². The maximum absolute atomic E-state index is 13.1. The Morgan fingerprint density at radius 3 is 1.36 bits per heavy atom. The maximum atomic E-state index is 13.1. The van der Waals surface area contributed by atoms with E-state index in [-0.39, 0.29) is 12.8 Å². The number of nitrogens with one attached hydrogen (secondary N) is 1. The van der Waals surface area contributed by atoms with E-state index in [9.17, 15) is 40.5 Å². The molecule has 406 valence electrons. The van der Waals surface area contributed by atoms with Crippen LogP contribution in [0.2, 0.25) is 0 Å². The van der Waals surface area contributed by atoms with Crippen molar-refractivity contribution < 1.29 is 50.0 Å². The van der Waals surface area contributed by atoms with Gasteiger partial charge in [-0.25, -0.2) is 0 Å². The summed E-state index contributed by atoms with van der Waals surface area (Å²) >= 11 is 0. The van der Waals surface area contributed by atoms with Crippen molar-refractivity contribution in [3.63, 3.8) is 0 Å². The molecule has 1 saturated heterocycles. The molecule has 11 nitrogen and oxygen atoms in total. The smallest absolute Gasteiger partial charge is 0.249 e. The third-order valence-electron chi connectivity index (χ3n) is 13.9. The summed E-state index contributed by atoms with van der Waals surface area (Å²) in [6.45, 7) is 3.43. The molecule has 8 N–H and O–H groups in total. The molecule has 1 aliphatic rings. The van der Waals surface area contributed by atoms with Crippen molar-refractivity contribution in [2.75, 3.05) is 13.2 Å². The van der Waals surface area contributed by atoms with Crippen molar-refractivity contribution in [3.05, 3.63) is 36.5 Å². The highest BCUT2D eigenvalue weighted by atomic mass is 16.7. The molecule has 0 saturated carbocycles. The second-order valence-electron chi connectivity index (χ2n) is 20.4. The molecule has 0 spiro atoms. The first-order valence-corrected chi connectivity index (χ1v) is 28.9. The summed E-state index contributed by atoms with van der Waals surface area (Å²) in [7, 11) is 0. The summed E-state index contributed by atoms with van der Waals surface area (Å²) in [5.41, 5.74) is 0. The highest BCUT2D eigenvalue weighted by molar-refractivity contribution is 5.80. The molecule has 0 aromatic rings. The van der Waals surface area contributed by atoms with Crippen LogP contribution in [0.1, 0.15) is 258 Å². The Kier molecular flexibility index (Phi) is 44.8. The van der Waals surface area contributed by atoms with Gasteiger partial charge in [-0.3, -0.25) is 4.79 Å². The summed E-state index contributed by atoms with van der Waals surface area (Å²) in [5, 5.41) is 76.0. The molecule has 0 aromatic heterocycles. The average Bonchev–Trinajstić information content (AvgIpc) is 3.35. The average molecular weight is 981 g/mol. The molecule has 1 rings (SSSR count). The van der Waals surface area contributed by atoms with Gasteiger partial charge in [-0.05, 0) is 70.6 Å². The molecule has 1 aliphatic heterocycles. The van der Waals surface area contributed by atoms with Crippen molar-refractivity contribution in [3.8, 4) is 0 Å². The van der Waals surface area contributed by atoms with Crippen LogP contribution < -0.4 is 5.32 Å². The van der Waals surface area contributed by atoms with Gasteiger partial charge in [0.2, 0.25) is 5.91 Å². The largest absolute Gasteiger partial charge is 0.394 e. The van der Waals surface area contributed by atoms with Gasteiger partial charge in [0.05, 0.1) is 25.4 Å². The van der Waals surface area contributed by atoms with Gasteiger partial charge in [0.25, 0.3) is 0 Å². The van der Waals surface area contributed by atoms with E-state index in [0.29, 0.717) is 12.8 Å². The van der Waals surface area contributed by atoms with E-state index in [1.807, 2.05) is 0 Å². The lowest BCUT2D eigenvalue weighted by Crippen LogP contribution is -2.60. The van der Waals surface area contributed by atoms with E-state index in [2.05, 4.69) is 55.6 Å². The van der Waals surface area contributed by atoms with E-state index in [0.717, 1.165) is 64.2 Å². The quantitative estimate of drug-likeness (QED) is 0.0215. The molecule has 9 atom stereocenters. The molecule has 9 unspecified atom stereocenters. The molecule has 1 amide bonds. The minimum absolute atomic E-state index is 0.241. The van der Waals surface area contributed by atoms with Crippen LogP contribution in [0.5, 0.6) is 0 Å². The molecule has 0 bridgehead atoms. The number of unbranched alkanes of at least 4 members (excludes halogenated alkanes) is 31. The predicted octanol–water partition coefficient (Wildman–Crippen LogP) is 11.9. The maximum Gasteiger partial charge on any atom is 0.249 e. The first kappa shape index (κ1) is 65.3. The molecular formula is C58H109NO10. The Balaban J connectivity index is 2.32. The first-order chi connectivity index (χ1) is 33.7. The zero-order valence-electron chi connectivity index (χ0n) is 44.3. The predicted molar refractivity (Wildman–Crippen MR) is 284 cm³/mol. The van der Waals surface area contributed by atoms with Crippen LogP contribution in [0.25, 0.3) is 0 Å². The second-order valence-corrected chi connectivity index (χ2v) is 20.4. The van der Waals surface area contributed by atoms with Gasteiger partial charge in [0.15, 0.2) is 6.29 Å². The fourth-order valence-electron chi connectivity index (χ4n) is 9.18. The van der Waals surface area contributed by atoms with Crippen molar-refractivity contribution in [2.24, 2.45) is 0 Å². The number of ether oxygens (including phenoxy) is 2. The Morgan fingerprint density at radius 1 is 0.507 bits per heavy atom. The summed E-state index contributed by atoms with van der Waals surface area (Å²) in [5.74, 6) is -0.714. The SMILES string of the molecule is CCCCC/C=C\C/C=C\CCCCCCCCC(O)C(=O)NC(COC1OC(CO)C(O)C(O)C1O)C(O)C(O)CCC/C=C/CCCCCCCCCCCCCCCCCCCCCCC. The van der Waals surface area contributed by atoms with Gasteiger partial charge in [0.1, 0.15) is 36.6 Å². The number of carbonyl (C=O) groups is 1. The lowest BCUT2D eigenvalue weighted by atomic mass is 9.98. The van der Waals surface area contributed by atoms with E-state index in [1.165, 1.54) is 154 Å². The van der Waals surface area contributed by atoms with Gasteiger partial charge in [0, 0.05) is 0 Å². The fourth-order valence-corrected chi connectivity index (χ4v) is 9.18. The zero-order chi connectivity index (χ0) is 50.4. The number of allylic oxidation sites excluding steroid dienone is 6. The molecule has 1 fully saturated rings. The van der Waals surface area contributed by atoms with Gasteiger partial charge in [-0.1, -0.05) is 224 Å². The topological polar surface area (TPSA) is 189 Å². The van der Waals surface area contributed by atoms with Crippen LogP contribution in [0.15, 0.2) is 36.5 Å². The third-order valence-corrected chi connectivity index (χ3v) is 13.9. The van der Waals surface area contributed by atoms with E-state index >= 15 is 0 Å². The molecule has 69 heavy (non-hydrogen) atoms. The lowest BCUT2D eigenvalue weighted by Gasteiger charge is -2.40. The standard InChI is InChI=1S/C58H109NO10/c1-3-5-7-9-11-13-15-17-19-21-22-23-24-25-26-27-28-29-30-32-33-35-37-39-41-43-45-50(61)53(63)49(48-68-58-56(66)55(65)54(64)52(47-60)69-58)59-57(67)51(62)46-44-42-40-38-36-34-31-20-18-16-14-12-10-8-6-4-2/h12,14,18,20,37,39,49-56,58,60-66H,3-11,13,15-17,19,21-36,38,40-48H2,1-2H3,(H,59,67)/b14-12-,20-18-,39-37+. The Labute approximate surface area is 422 Å². The van der Waals surface area contributed by atoms with Crippen molar-refractivity contribution in [1.82, 2.24) is 5.32 Å². The number of amides is 1. The summed E-state index contributed by atoms with van der Waals surface area (Å²) in [6, 6.07) is -1.19. The van der Waals surface area contributed by atoms with Gasteiger partial charge >= 0.3 is 0 Å². The van der Waals surface area contributed by atoms with Crippen LogP contribution in [-0.4, -0.2) is 110 Å². The number of carbonyl (C=O) groups excluding carboxylic acids is 1. The normalized spacial score (nSPS) is 20.6. The van der Waals surface area contributed by atoms with Crippen LogP contribution >= 0.6 is 0 Å². The molecule has 0 radical (unpaired) electrons. The zero-order valence-corrected chi connectivity index (χ0v) is 44.3. The summed E-state index contributed by atoms with van der Waals surface area (Å²) in [4.78, 5) is 13.1. The van der Waals surface area contributed by atoms with Gasteiger partial charge in [-0.15, -0.1) is 0 Å². The Hall–Kier alpha value is -1.67. The highest BCUT2D eigenvalue weighted by Gasteiger charge is 2.44. The second kappa shape index (κ2) is 47.3. The number of hydrogen-bond acceptors (Lipinski definition) is 10. The summed E-state index contributed by atoms with van der Waals surface area (Å²) in [6.07, 6.45) is 46.3. The minimum atomic E-state index is -1.67. The van der Waals surface area contributed by atoms with Crippen LogP contribution in [0, 0.1) is 0 Å². The number of aliphatic hydroxyl groups excluding tert-OH is 7. The summed E-state index contributed by atoms with van der Waals surface area (Å²) < 4.78 is 11.1. The molecule has 11 heteroatoms. The lowest BCUT2D eigenvalue weighted by molar-refractivity contribution is -0.303.